The largest absolute Gasteiger partial charge is 0.476 e. The molecule has 0 saturated heterocycles. The van der Waals surface area contributed by atoms with Gasteiger partial charge in [0.05, 0.1) is 18.8 Å². The molecule has 104 valence electrons. The zero-order valence-corrected chi connectivity index (χ0v) is 11.3. The first kappa shape index (κ1) is 13.5. The molecule has 6 heteroatoms. The molecule has 19 heavy (non-hydrogen) atoms. The van der Waals surface area contributed by atoms with Crippen molar-refractivity contribution in [3.05, 3.63) is 12.1 Å². The van der Waals surface area contributed by atoms with Gasteiger partial charge in [0.1, 0.15) is 5.82 Å². The van der Waals surface area contributed by atoms with Gasteiger partial charge in [0.15, 0.2) is 0 Å². The van der Waals surface area contributed by atoms with E-state index in [1.54, 1.807) is 31.1 Å². The third-order valence-electron chi connectivity index (χ3n) is 3.08. The van der Waals surface area contributed by atoms with Crippen LogP contribution in [0.5, 0.6) is 5.88 Å². The lowest BCUT2D eigenvalue weighted by Crippen LogP contribution is -2.33. The zero-order valence-electron chi connectivity index (χ0n) is 11.3. The minimum Gasteiger partial charge on any atom is -0.476 e. The number of nitrogens with one attached hydrogen (secondary N) is 1. The van der Waals surface area contributed by atoms with Crippen molar-refractivity contribution in [1.82, 2.24) is 10.3 Å². The zero-order chi connectivity index (χ0) is 13.8. The maximum atomic E-state index is 11.3. The molecule has 1 saturated carbocycles. The third-order valence-corrected chi connectivity index (χ3v) is 3.08. The number of amides is 1. The number of carbonyl (C=O) groups excluding carboxylic acids is 1. The van der Waals surface area contributed by atoms with Gasteiger partial charge in [0.2, 0.25) is 11.8 Å². The van der Waals surface area contributed by atoms with Gasteiger partial charge >= 0.3 is 0 Å². The van der Waals surface area contributed by atoms with E-state index >= 15 is 0 Å². The van der Waals surface area contributed by atoms with Crippen molar-refractivity contribution in [2.75, 3.05) is 37.9 Å². The smallest absolute Gasteiger partial charge is 0.239 e. The van der Waals surface area contributed by atoms with Gasteiger partial charge < -0.3 is 20.7 Å². The molecule has 1 fully saturated rings. The summed E-state index contributed by atoms with van der Waals surface area (Å²) in [6.45, 7) is 0.912. The van der Waals surface area contributed by atoms with Crippen LogP contribution in [0.4, 0.5) is 11.5 Å². The molecular weight excluding hydrogens is 244 g/mol. The van der Waals surface area contributed by atoms with E-state index in [0.29, 0.717) is 29.9 Å². The number of carbonyl (C=O) groups is 1. The van der Waals surface area contributed by atoms with Crippen LogP contribution in [0.1, 0.15) is 12.8 Å². The maximum Gasteiger partial charge on any atom is 0.239 e. The van der Waals surface area contributed by atoms with Crippen LogP contribution in [-0.2, 0) is 4.79 Å². The van der Waals surface area contributed by atoms with E-state index < -0.39 is 0 Å². The van der Waals surface area contributed by atoms with Crippen molar-refractivity contribution in [3.8, 4) is 5.88 Å². The summed E-state index contributed by atoms with van der Waals surface area (Å²) in [6.07, 6.45) is 2.44. The quantitative estimate of drug-likeness (QED) is 0.788. The Morgan fingerprint density at radius 1 is 1.58 bits per heavy atom. The Hall–Kier alpha value is -1.98. The molecule has 1 aliphatic rings. The second-order valence-electron chi connectivity index (χ2n) is 4.85. The molecule has 0 radical (unpaired) electrons. The van der Waals surface area contributed by atoms with Crippen LogP contribution in [0.25, 0.3) is 0 Å². The highest BCUT2D eigenvalue weighted by atomic mass is 16.5. The van der Waals surface area contributed by atoms with E-state index in [1.165, 1.54) is 12.8 Å². The SMILES string of the molecule is CNC(=O)CN(C)c1ccc(N)c(OCC2CC2)n1. The fourth-order valence-electron chi connectivity index (χ4n) is 1.63. The van der Waals surface area contributed by atoms with Gasteiger partial charge in [-0.1, -0.05) is 0 Å². The Balaban J connectivity index is 2.03. The molecule has 0 aromatic carbocycles. The lowest BCUT2D eigenvalue weighted by molar-refractivity contribution is -0.119. The summed E-state index contributed by atoms with van der Waals surface area (Å²) in [6, 6.07) is 3.53. The fraction of sp³-hybridized carbons (Fsp3) is 0.538. The van der Waals surface area contributed by atoms with Crippen LogP contribution < -0.4 is 20.7 Å². The van der Waals surface area contributed by atoms with Crippen molar-refractivity contribution < 1.29 is 9.53 Å². The molecule has 1 aromatic rings. The second kappa shape index (κ2) is 5.77. The first-order chi connectivity index (χ1) is 9.10. The number of rotatable bonds is 6. The summed E-state index contributed by atoms with van der Waals surface area (Å²) in [4.78, 5) is 17.4. The van der Waals surface area contributed by atoms with Gasteiger partial charge in [-0.3, -0.25) is 4.79 Å². The van der Waals surface area contributed by atoms with E-state index in [1.807, 2.05) is 0 Å². The number of aromatic nitrogens is 1. The molecule has 1 aliphatic carbocycles. The third kappa shape index (κ3) is 3.74. The summed E-state index contributed by atoms with van der Waals surface area (Å²) < 4.78 is 5.62. The van der Waals surface area contributed by atoms with Gasteiger partial charge in [-0.2, -0.15) is 4.98 Å². The highest BCUT2D eigenvalue weighted by Gasteiger charge is 2.22. The van der Waals surface area contributed by atoms with Crippen molar-refractivity contribution >= 4 is 17.4 Å². The molecule has 0 bridgehead atoms. The molecule has 0 atom stereocenters. The summed E-state index contributed by atoms with van der Waals surface area (Å²) in [5.41, 5.74) is 6.36. The van der Waals surface area contributed by atoms with Gasteiger partial charge in [0.25, 0.3) is 0 Å². The molecule has 6 nitrogen and oxygen atoms in total. The Morgan fingerprint density at radius 3 is 2.95 bits per heavy atom. The van der Waals surface area contributed by atoms with Crippen LogP contribution in [0.15, 0.2) is 12.1 Å². The number of ether oxygens (including phenoxy) is 1. The number of pyridine rings is 1. The predicted octanol–water partition coefficient (Wildman–Crippen LogP) is 0.635. The number of anilines is 2. The molecule has 0 aliphatic heterocycles. The minimum absolute atomic E-state index is 0.0680. The highest BCUT2D eigenvalue weighted by molar-refractivity contribution is 5.80. The van der Waals surface area contributed by atoms with Crippen LogP contribution in [-0.4, -0.2) is 38.1 Å². The van der Waals surface area contributed by atoms with Crippen molar-refractivity contribution in [2.24, 2.45) is 5.92 Å². The molecule has 1 amide bonds. The number of nitrogens with two attached hydrogens (primary N) is 1. The average molecular weight is 264 g/mol. The van der Waals surface area contributed by atoms with Crippen LogP contribution >= 0.6 is 0 Å². The molecule has 0 unspecified atom stereocenters. The standard InChI is InChI=1S/C13H20N4O2/c1-15-12(18)7-17(2)11-6-5-10(14)13(16-11)19-8-9-3-4-9/h5-6,9H,3-4,7-8,14H2,1-2H3,(H,15,18). The second-order valence-corrected chi connectivity index (χ2v) is 4.85. The van der Waals surface area contributed by atoms with Gasteiger partial charge in [0, 0.05) is 14.1 Å². The summed E-state index contributed by atoms with van der Waals surface area (Å²) in [5, 5.41) is 2.58. The van der Waals surface area contributed by atoms with Crippen LogP contribution in [0, 0.1) is 5.92 Å². The highest BCUT2D eigenvalue weighted by Crippen LogP contribution is 2.31. The number of nitrogens with zero attached hydrogens (tertiary/aromatic N) is 2. The normalized spacial score (nSPS) is 14.0. The van der Waals surface area contributed by atoms with Gasteiger partial charge in [-0.05, 0) is 30.9 Å². The Bertz CT molecular complexity index is 460. The first-order valence-corrected chi connectivity index (χ1v) is 6.41. The van der Waals surface area contributed by atoms with Crippen LogP contribution in [0.3, 0.4) is 0 Å². The summed E-state index contributed by atoms with van der Waals surface area (Å²) in [5.74, 6) is 1.70. The molecule has 2 rings (SSSR count). The Morgan fingerprint density at radius 2 is 2.32 bits per heavy atom. The van der Waals surface area contributed by atoms with E-state index in [4.69, 9.17) is 10.5 Å². The monoisotopic (exact) mass is 264 g/mol. The number of hydrogen-bond donors (Lipinski definition) is 2. The number of hydrogen-bond acceptors (Lipinski definition) is 5. The first-order valence-electron chi connectivity index (χ1n) is 6.41. The van der Waals surface area contributed by atoms with Crippen LogP contribution in [0.2, 0.25) is 0 Å². The molecule has 3 N–H and O–H groups in total. The van der Waals surface area contributed by atoms with E-state index in [-0.39, 0.29) is 12.5 Å². The summed E-state index contributed by atoms with van der Waals surface area (Å²) in [7, 11) is 3.41. The predicted molar refractivity (Wildman–Crippen MR) is 74.2 cm³/mol. The van der Waals surface area contributed by atoms with Crippen molar-refractivity contribution in [1.29, 1.82) is 0 Å². The number of likely N-dealkylation sites (N-methyl/N-ethyl adjacent to an activating group) is 2. The fourth-order valence-corrected chi connectivity index (χ4v) is 1.63. The lowest BCUT2D eigenvalue weighted by Gasteiger charge is -2.18. The van der Waals surface area contributed by atoms with E-state index in [0.717, 1.165) is 0 Å². The minimum atomic E-state index is -0.0680. The summed E-state index contributed by atoms with van der Waals surface area (Å²) >= 11 is 0. The van der Waals surface area contributed by atoms with Crippen molar-refractivity contribution in [3.63, 3.8) is 0 Å². The van der Waals surface area contributed by atoms with Gasteiger partial charge in [-0.25, -0.2) is 0 Å². The topological polar surface area (TPSA) is 80.5 Å². The van der Waals surface area contributed by atoms with E-state index in [9.17, 15) is 4.79 Å². The van der Waals surface area contributed by atoms with E-state index in [2.05, 4.69) is 10.3 Å². The average Bonchev–Trinajstić information content (AvgIpc) is 3.21. The van der Waals surface area contributed by atoms with Crippen molar-refractivity contribution in [2.45, 2.75) is 12.8 Å². The lowest BCUT2D eigenvalue weighted by atomic mass is 10.3. The Kier molecular flexibility index (Phi) is 4.09. The molecular formula is C13H20N4O2. The maximum absolute atomic E-state index is 11.3. The number of nitrogen functional groups attached to an aromatic ring is 1. The molecule has 1 aromatic heterocycles. The van der Waals surface area contributed by atoms with Gasteiger partial charge in [-0.15, -0.1) is 0 Å². The molecule has 0 spiro atoms. The molecule has 1 heterocycles. The Labute approximate surface area is 112 Å².